The van der Waals surface area contributed by atoms with Gasteiger partial charge in [0.25, 0.3) is 0 Å². The number of rotatable bonds is 5. The number of amides is 1. The summed E-state index contributed by atoms with van der Waals surface area (Å²) < 4.78 is 32.9. The average Bonchev–Trinajstić information content (AvgIpc) is 2.68. The maximum atomic E-state index is 13.1. The Morgan fingerprint density at radius 2 is 2.00 bits per heavy atom. The monoisotopic (exact) mass is 395 g/mol. The number of nitrogens with zero attached hydrogens (tertiary/aromatic N) is 1. The Bertz CT molecular complexity index is 775. The van der Waals surface area contributed by atoms with Crippen LogP contribution >= 0.6 is 0 Å². The summed E-state index contributed by atoms with van der Waals surface area (Å²) in [5, 5.41) is 6.22. The minimum absolute atomic E-state index is 0.0603. The van der Waals surface area contributed by atoms with Crippen molar-refractivity contribution in [2.45, 2.75) is 50.0 Å². The quantitative estimate of drug-likeness (QED) is 0.798. The first-order chi connectivity index (χ1) is 12.9. The third kappa shape index (κ3) is 4.62. The van der Waals surface area contributed by atoms with Crippen molar-refractivity contribution in [2.75, 3.05) is 32.1 Å². The highest BCUT2D eigenvalue weighted by atomic mass is 32.2. The Morgan fingerprint density at radius 1 is 1.26 bits per heavy atom. The first-order valence-corrected chi connectivity index (χ1v) is 11.1. The SMILES string of the molecule is COc1ccc(NC(=O)[C@H]2CCN[C@@H](C)C2)cc1S(=O)(=O)N1CCCCC1. The highest BCUT2D eigenvalue weighted by Crippen LogP contribution is 2.31. The number of carbonyl (C=O) groups is 1. The number of benzene rings is 1. The molecule has 0 bridgehead atoms. The Kier molecular flexibility index (Phi) is 6.39. The third-order valence-corrected chi connectivity index (χ3v) is 7.28. The zero-order chi connectivity index (χ0) is 19.4. The van der Waals surface area contributed by atoms with Crippen molar-refractivity contribution >= 4 is 21.6 Å². The number of nitrogens with one attached hydrogen (secondary N) is 2. The molecule has 0 aliphatic carbocycles. The van der Waals surface area contributed by atoms with E-state index in [1.807, 2.05) is 0 Å². The molecule has 0 saturated carbocycles. The fraction of sp³-hybridized carbons (Fsp3) is 0.632. The summed E-state index contributed by atoms with van der Waals surface area (Å²) in [5.41, 5.74) is 0.488. The lowest BCUT2D eigenvalue weighted by atomic mass is 9.92. The van der Waals surface area contributed by atoms with Crippen LogP contribution in [0.4, 0.5) is 5.69 Å². The largest absolute Gasteiger partial charge is 0.495 e. The molecule has 2 atom stereocenters. The molecule has 2 heterocycles. The van der Waals surface area contributed by atoms with Gasteiger partial charge in [-0.2, -0.15) is 4.31 Å². The summed E-state index contributed by atoms with van der Waals surface area (Å²) in [5.74, 6) is 0.175. The number of anilines is 1. The van der Waals surface area contributed by atoms with Crippen molar-refractivity contribution in [1.82, 2.24) is 9.62 Å². The van der Waals surface area contributed by atoms with E-state index in [-0.39, 0.29) is 16.7 Å². The predicted octanol–water partition coefficient (Wildman–Crippen LogP) is 2.20. The molecule has 2 aliphatic rings. The van der Waals surface area contributed by atoms with E-state index in [2.05, 4.69) is 17.6 Å². The minimum atomic E-state index is -3.65. The van der Waals surface area contributed by atoms with E-state index in [0.29, 0.717) is 30.6 Å². The van der Waals surface area contributed by atoms with Crippen molar-refractivity contribution in [2.24, 2.45) is 5.92 Å². The van der Waals surface area contributed by atoms with Gasteiger partial charge in [0.2, 0.25) is 15.9 Å². The van der Waals surface area contributed by atoms with Gasteiger partial charge in [-0.15, -0.1) is 0 Å². The topological polar surface area (TPSA) is 87.7 Å². The van der Waals surface area contributed by atoms with E-state index in [9.17, 15) is 13.2 Å². The van der Waals surface area contributed by atoms with Gasteiger partial charge in [0.05, 0.1) is 7.11 Å². The fourth-order valence-corrected chi connectivity index (χ4v) is 5.51. The van der Waals surface area contributed by atoms with Crippen LogP contribution < -0.4 is 15.4 Å². The van der Waals surface area contributed by atoms with Gasteiger partial charge in [0.15, 0.2) is 0 Å². The van der Waals surface area contributed by atoms with Gasteiger partial charge in [0.1, 0.15) is 10.6 Å². The lowest BCUT2D eigenvalue weighted by molar-refractivity contribution is -0.120. The van der Waals surface area contributed by atoms with Gasteiger partial charge in [-0.3, -0.25) is 4.79 Å². The van der Waals surface area contributed by atoms with Crippen LogP contribution in [0.1, 0.15) is 39.0 Å². The second-order valence-corrected chi connectivity index (χ2v) is 9.30. The van der Waals surface area contributed by atoms with Crippen LogP contribution in [-0.2, 0) is 14.8 Å². The zero-order valence-electron chi connectivity index (χ0n) is 16.0. The van der Waals surface area contributed by atoms with Gasteiger partial charge in [-0.05, 0) is 57.4 Å². The van der Waals surface area contributed by atoms with E-state index < -0.39 is 10.0 Å². The second-order valence-electron chi connectivity index (χ2n) is 7.40. The molecule has 0 spiro atoms. The van der Waals surface area contributed by atoms with E-state index in [1.165, 1.54) is 17.5 Å². The normalized spacial score (nSPS) is 24.4. The van der Waals surface area contributed by atoms with Crippen LogP contribution in [0.3, 0.4) is 0 Å². The number of carbonyl (C=O) groups excluding carboxylic acids is 1. The van der Waals surface area contributed by atoms with Crippen LogP contribution in [-0.4, -0.2) is 51.4 Å². The van der Waals surface area contributed by atoms with E-state index in [0.717, 1.165) is 38.6 Å². The number of hydrogen-bond donors (Lipinski definition) is 2. The Morgan fingerprint density at radius 3 is 2.67 bits per heavy atom. The Hall–Kier alpha value is -1.64. The number of piperidine rings is 2. The molecule has 150 valence electrons. The summed E-state index contributed by atoms with van der Waals surface area (Å²) in [6.07, 6.45) is 4.35. The second kappa shape index (κ2) is 8.58. The highest BCUT2D eigenvalue weighted by molar-refractivity contribution is 7.89. The van der Waals surface area contributed by atoms with Crippen molar-refractivity contribution in [3.63, 3.8) is 0 Å². The minimum Gasteiger partial charge on any atom is -0.495 e. The summed E-state index contributed by atoms with van der Waals surface area (Å²) >= 11 is 0. The smallest absolute Gasteiger partial charge is 0.246 e. The molecule has 2 aliphatic heterocycles. The summed E-state index contributed by atoms with van der Waals surface area (Å²) in [4.78, 5) is 12.7. The lowest BCUT2D eigenvalue weighted by Crippen LogP contribution is -2.40. The van der Waals surface area contributed by atoms with Crippen LogP contribution in [0.15, 0.2) is 23.1 Å². The number of sulfonamides is 1. The average molecular weight is 396 g/mol. The molecule has 3 rings (SSSR count). The first-order valence-electron chi connectivity index (χ1n) is 9.64. The van der Waals surface area contributed by atoms with Crippen LogP contribution in [0.2, 0.25) is 0 Å². The zero-order valence-corrected chi connectivity index (χ0v) is 16.8. The Labute approximate surface area is 161 Å². The van der Waals surface area contributed by atoms with E-state index in [1.54, 1.807) is 12.1 Å². The Balaban J connectivity index is 1.81. The molecule has 2 saturated heterocycles. The maximum Gasteiger partial charge on any atom is 0.246 e. The van der Waals surface area contributed by atoms with Crippen molar-refractivity contribution in [1.29, 1.82) is 0 Å². The standard InChI is InChI=1S/C19H29N3O4S/c1-14-12-15(8-9-20-14)19(23)21-16-6-7-17(26-2)18(13-16)27(24,25)22-10-4-3-5-11-22/h6-7,13-15,20H,3-5,8-12H2,1-2H3,(H,21,23)/t14-,15-/m0/s1. The molecular weight excluding hydrogens is 366 g/mol. The van der Waals surface area contributed by atoms with Gasteiger partial charge in [-0.1, -0.05) is 6.42 Å². The molecule has 27 heavy (non-hydrogen) atoms. The van der Waals surface area contributed by atoms with Crippen molar-refractivity contribution < 1.29 is 17.9 Å². The number of hydrogen-bond acceptors (Lipinski definition) is 5. The van der Waals surface area contributed by atoms with E-state index >= 15 is 0 Å². The van der Waals surface area contributed by atoms with E-state index in [4.69, 9.17) is 4.74 Å². The number of ether oxygens (including phenoxy) is 1. The van der Waals surface area contributed by atoms with Gasteiger partial charge in [-0.25, -0.2) is 8.42 Å². The molecule has 1 aromatic rings. The number of methoxy groups -OCH3 is 1. The summed E-state index contributed by atoms with van der Waals surface area (Å²) in [6.45, 7) is 3.93. The fourth-order valence-electron chi connectivity index (χ4n) is 3.81. The van der Waals surface area contributed by atoms with Crippen molar-refractivity contribution in [3.8, 4) is 5.75 Å². The third-order valence-electron chi connectivity index (χ3n) is 5.36. The summed E-state index contributed by atoms with van der Waals surface area (Å²) in [7, 11) is -2.19. The van der Waals surface area contributed by atoms with Crippen LogP contribution in [0.25, 0.3) is 0 Å². The molecule has 8 heteroatoms. The molecule has 0 radical (unpaired) electrons. The molecule has 1 amide bonds. The van der Waals surface area contributed by atoms with Crippen molar-refractivity contribution in [3.05, 3.63) is 18.2 Å². The highest BCUT2D eigenvalue weighted by Gasteiger charge is 2.30. The van der Waals surface area contributed by atoms with Crippen LogP contribution in [0, 0.1) is 5.92 Å². The first kappa shape index (κ1) is 20.1. The van der Waals surface area contributed by atoms with Gasteiger partial charge < -0.3 is 15.4 Å². The molecule has 2 N–H and O–H groups in total. The lowest BCUT2D eigenvalue weighted by Gasteiger charge is -2.28. The predicted molar refractivity (Wildman–Crippen MR) is 104 cm³/mol. The van der Waals surface area contributed by atoms with Gasteiger partial charge in [0, 0.05) is 30.7 Å². The van der Waals surface area contributed by atoms with Crippen LogP contribution in [0.5, 0.6) is 5.75 Å². The molecular formula is C19H29N3O4S. The summed E-state index contributed by atoms with van der Waals surface area (Å²) in [6, 6.07) is 5.12. The molecule has 0 unspecified atom stereocenters. The molecule has 7 nitrogen and oxygen atoms in total. The maximum absolute atomic E-state index is 13.1. The molecule has 2 fully saturated rings. The van der Waals surface area contributed by atoms with Gasteiger partial charge >= 0.3 is 0 Å². The molecule has 0 aromatic heterocycles. The molecule has 1 aromatic carbocycles.